The zero-order valence-electron chi connectivity index (χ0n) is 16.4. The van der Waals surface area contributed by atoms with E-state index in [-0.39, 0.29) is 29.8 Å². The SMILES string of the molecule is Cc1nc2c(s1)CC1C(C)(CO)C(O)CCC1(C)C2CC(=O)Nc1nccs1. The van der Waals surface area contributed by atoms with Crippen molar-refractivity contribution in [1.82, 2.24) is 9.97 Å². The lowest BCUT2D eigenvalue weighted by molar-refractivity contribution is -0.143. The second-order valence-corrected chi connectivity index (χ2v) is 10.8. The number of hydrogen-bond acceptors (Lipinski definition) is 7. The maximum absolute atomic E-state index is 12.8. The van der Waals surface area contributed by atoms with E-state index in [1.165, 1.54) is 16.2 Å². The van der Waals surface area contributed by atoms with E-state index in [0.717, 1.165) is 23.5 Å². The van der Waals surface area contributed by atoms with Crippen LogP contribution in [0.3, 0.4) is 0 Å². The average molecular weight is 422 g/mol. The minimum atomic E-state index is -0.577. The third-order valence-electron chi connectivity index (χ3n) is 7.07. The first kappa shape index (κ1) is 19.9. The van der Waals surface area contributed by atoms with E-state index >= 15 is 0 Å². The van der Waals surface area contributed by atoms with Gasteiger partial charge in [0.05, 0.1) is 23.4 Å². The number of nitrogens with one attached hydrogen (secondary N) is 1. The fourth-order valence-corrected chi connectivity index (χ4v) is 7.00. The number of aromatic nitrogens is 2. The number of aliphatic hydroxyl groups is 2. The summed E-state index contributed by atoms with van der Waals surface area (Å²) in [4.78, 5) is 23.0. The van der Waals surface area contributed by atoms with Gasteiger partial charge in [-0.3, -0.25) is 4.79 Å². The first-order valence-electron chi connectivity index (χ1n) is 9.72. The molecule has 2 aromatic rings. The van der Waals surface area contributed by atoms with Gasteiger partial charge in [-0.25, -0.2) is 9.97 Å². The molecule has 5 unspecified atom stereocenters. The highest BCUT2D eigenvalue weighted by atomic mass is 32.1. The summed E-state index contributed by atoms with van der Waals surface area (Å²) < 4.78 is 0. The highest BCUT2D eigenvalue weighted by Gasteiger charge is 2.59. The van der Waals surface area contributed by atoms with Gasteiger partial charge >= 0.3 is 0 Å². The van der Waals surface area contributed by atoms with Crippen molar-refractivity contribution < 1.29 is 15.0 Å². The number of hydrogen-bond donors (Lipinski definition) is 3. The van der Waals surface area contributed by atoms with Crippen LogP contribution in [0.1, 0.15) is 54.6 Å². The van der Waals surface area contributed by atoms with Crippen LogP contribution in [0, 0.1) is 23.7 Å². The van der Waals surface area contributed by atoms with Crippen molar-refractivity contribution in [2.45, 2.75) is 58.5 Å². The Morgan fingerprint density at radius 2 is 2.21 bits per heavy atom. The van der Waals surface area contributed by atoms with Gasteiger partial charge in [-0.05, 0) is 37.5 Å². The fraction of sp³-hybridized carbons (Fsp3) is 0.650. The van der Waals surface area contributed by atoms with E-state index < -0.39 is 11.5 Å². The number of thiazole rings is 2. The van der Waals surface area contributed by atoms with Crippen LogP contribution in [0.5, 0.6) is 0 Å². The smallest absolute Gasteiger partial charge is 0.226 e. The second-order valence-electron chi connectivity index (χ2n) is 8.66. The van der Waals surface area contributed by atoms with Crippen molar-refractivity contribution in [3.05, 3.63) is 27.2 Å². The molecule has 4 rings (SSSR count). The number of carbonyl (C=O) groups excluding carboxylic acids is 1. The van der Waals surface area contributed by atoms with Crippen LogP contribution in [-0.2, 0) is 11.2 Å². The number of rotatable bonds is 4. The number of anilines is 1. The molecule has 5 atom stereocenters. The second kappa shape index (κ2) is 7.16. The molecule has 0 saturated heterocycles. The van der Waals surface area contributed by atoms with Gasteiger partial charge in [-0.2, -0.15) is 0 Å². The van der Waals surface area contributed by atoms with E-state index in [9.17, 15) is 15.0 Å². The Kier molecular flexibility index (Phi) is 5.10. The predicted molar refractivity (Wildman–Crippen MR) is 111 cm³/mol. The summed E-state index contributed by atoms with van der Waals surface area (Å²) in [5, 5.41) is 27.3. The molecule has 0 radical (unpaired) electrons. The van der Waals surface area contributed by atoms with Crippen molar-refractivity contribution >= 4 is 33.7 Å². The van der Waals surface area contributed by atoms with Crippen LogP contribution in [-0.4, -0.2) is 38.8 Å². The molecule has 0 bridgehead atoms. The van der Waals surface area contributed by atoms with E-state index in [0.29, 0.717) is 18.0 Å². The summed E-state index contributed by atoms with van der Waals surface area (Å²) in [6.45, 7) is 6.16. The van der Waals surface area contributed by atoms with Gasteiger partial charge < -0.3 is 15.5 Å². The lowest BCUT2D eigenvalue weighted by Crippen LogP contribution is -2.57. The van der Waals surface area contributed by atoms with E-state index in [4.69, 9.17) is 4.98 Å². The summed E-state index contributed by atoms with van der Waals surface area (Å²) in [5.41, 5.74) is 0.254. The number of aliphatic hydroxyl groups excluding tert-OH is 2. The highest BCUT2D eigenvalue weighted by molar-refractivity contribution is 7.13. The number of fused-ring (bicyclic) bond motifs is 2. The van der Waals surface area contributed by atoms with Crippen molar-refractivity contribution in [3.63, 3.8) is 0 Å². The Bertz CT molecular complexity index is 868. The summed E-state index contributed by atoms with van der Waals surface area (Å²) >= 11 is 3.08. The standard InChI is InChI=1S/C20H27N3O3S2/c1-11-22-17-12(8-16(26)23-18-21-6-7-27-18)19(2)5-4-15(25)20(3,10-24)14(19)9-13(17)28-11/h6-7,12,14-15,24-25H,4-5,8-10H2,1-3H3,(H,21,23,26). The summed E-state index contributed by atoms with van der Waals surface area (Å²) in [6.07, 6.45) is 3.73. The first-order valence-corrected chi connectivity index (χ1v) is 11.4. The minimum Gasteiger partial charge on any atom is -0.396 e. The molecule has 152 valence electrons. The molecular formula is C20H27N3O3S2. The number of nitrogens with zero attached hydrogens (tertiary/aromatic N) is 2. The minimum absolute atomic E-state index is 0.0375. The third kappa shape index (κ3) is 3.10. The molecule has 1 amide bonds. The number of carbonyl (C=O) groups is 1. The summed E-state index contributed by atoms with van der Waals surface area (Å²) in [6, 6.07) is 0. The van der Waals surface area contributed by atoms with Crippen LogP contribution in [0.2, 0.25) is 0 Å². The van der Waals surface area contributed by atoms with Gasteiger partial charge in [0.2, 0.25) is 5.91 Å². The Morgan fingerprint density at radius 1 is 1.43 bits per heavy atom. The first-order chi connectivity index (χ1) is 13.3. The maximum Gasteiger partial charge on any atom is 0.226 e. The molecule has 0 spiro atoms. The molecule has 1 saturated carbocycles. The monoisotopic (exact) mass is 421 g/mol. The van der Waals surface area contributed by atoms with Gasteiger partial charge in [0.1, 0.15) is 0 Å². The van der Waals surface area contributed by atoms with E-state index in [2.05, 4.69) is 17.2 Å². The van der Waals surface area contributed by atoms with E-state index in [1.807, 2.05) is 19.2 Å². The quantitative estimate of drug-likeness (QED) is 0.704. The highest BCUT2D eigenvalue weighted by Crippen LogP contribution is 2.62. The van der Waals surface area contributed by atoms with E-state index in [1.54, 1.807) is 17.5 Å². The summed E-state index contributed by atoms with van der Waals surface area (Å²) in [5.74, 6) is -0.00134. The van der Waals surface area contributed by atoms with Crippen LogP contribution in [0.4, 0.5) is 5.13 Å². The summed E-state index contributed by atoms with van der Waals surface area (Å²) in [7, 11) is 0. The number of amides is 1. The Morgan fingerprint density at radius 3 is 2.89 bits per heavy atom. The molecule has 2 aliphatic carbocycles. The van der Waals surface area contributed by atoms with Crippen LogP contribution >= 0.6 is 22.7 Å². The van der Waals surface area contributed by atoms with Crippen molar-refractivity contribution in [3.8, 4) is 0 Å². The normalized spacial score (nSPS) is 34.5. The van der Waals surface area contributed by atoms with Gasteiger partial charge in [0.15, 0.2) is 5.13 Å². The van der Waals surface area contributed by atoms with Crippen molar-refractivity contribution in [1.29, 1.82) is 0 Å². The van der Waals surface area contributed by atoms with Crippen molar-refractivity contribution in [2.24, 2.45) is 16.7 Å². The zero-order valence-corrected chi connectivity index (χ0v) is 18.1. The molecule has 2 aromatic heterocycles. The molecule has 0 aliphatic heterocycles. The molecular weight excluding hydrogens is 394 g/mol. The lowest BCUT2D eigenvalue weighted by Gasteiger charge is -2.58. The Labute approximate surface area is 173 Å². The largest absolute Gasteiger partial charge is 0.396 e. The third-order valence-corrected chi connectivity index (χ3v) is 8.77. The molecule has 0 aromatic carbocycles. The van der Waals surface area contributed by atoms with Gasteiger partial charge in [-0.15, -0.1) is 22.7 Å². The molecule has 8 heteroatoms. The van der Waals surface area contributed by atoms with Crippen LogP contribution < -0.4 is 5.32 Å². The molecule has 6 nitrogen and oxygen atoms in total. The molecule has 3 N–H and O–H groups in total. The average Bonchev–Trinajstić information content (AvgIpc) is 3.29. The Balaban J connectivity index is 1.71. The van der Waals surface area contributed by atoms with Crippen molar-refractivity contribution in [2.75, 3.05) is 11.9 Å². The Hall–Kier alpha value is -1.35. The lowest BCUT2D eigenvalue weighted by atomic mass is 9.47. The van der Waals surface area contributed by atoms with Gasteiger partial charge in [-0.1, -0.05) is 13.8 Å². The zero-order chi connectivity index (χ0) is 20.1. The van der Waals surface area contributed by atoms with Gasteiger partial charge in [0, 0.05) is 34.2 Å². The molecule has 2 heterocycles. The van der Waals surface area contributed by atoms with Crippen LogP contribution in [0.15, 0.2) is 11.6 Å². The number of aryl methyl sites for hydroxylation is 1. The molecule has 1 fully saturated rings. The van der Waals surface area contributed by atoms with Crippen LogP contribution in [0.25, 0.3) is 0 Å². The fourth-order valence-electron chi connectivity index (χ4n) is 5.41. The molecule has 2 aliphatic rings. The topological polar surface area (TPSA) is 95.3 Å². The predicted octanol–water partition coefficient (Wildman–Crippen LogP) is 3.35. The van der Waals surface area contributed by atoms with Gasteiger partial charge in [0.25, 0.3) is 0 Å². The maximum atomic E-state index is 12.8. The molecule has 28 heavy (non-hydrogen) atoms.